The van der Waals surface area contributed by atoms with Crippen molar-refractivity contribution in [2.45, 2.75) is 57.1 Å². The zero-order valence-electron chi connectivity index (χ0n) is 11.8. The van der Waals surface area contributed by atoms with E-state index in [1.165, 1.54) is 18.5 Å². The van der Waals surface area contributed by atoms with E-state index in [0.717, 1.165) is 31.4 Å². The second kappa shape index (κ2) is 5.41. The van der Waals surface area contributed by atoms with Gasteiger partial charge >= 0.3 is 0 Å². The molecule has 1 atom stereocenters. The number of aromatic nitrogens is 2. The zero-order valence-corrected chi connectivity index (χ0v) is 11.8. The Kier molecular flexibility index (Phi) is 4.07. The van der Waals surface area contributed by atoms with Gasteiger partial charge in [0.1, 0.15) is 0 Å². The molecule has 18 heavy (non-hydrogen) atoms. The number of hydrogen-bond donors (Lipinski definition) is 1. The van der Waals surface area contributed by atoms with Crippen LogP contribution in [0, 0.1) is 0 Å². The third-order valence-electron chi connectivity index (χ3n) is 4.35. The maximum Gasteiger partial charge on any atom is 0.0832 e. The third-order valence-corrected chi connectivity index (χ3v) is 4.35. The molecule has 0 aliphatic heterocycles. The smallest absolute Gasteiger partial charge is 0.0832 e. The number of nitrogens with zero attached hydrogens (tertiary/aromatic N) is 2. The number of aryl methyl sites for hydroxylation is 2. The molecule has 1 aliphatic rings. The molecule has 1 unspecified atom stereocenters. The summed E-state index contributed by atoms with van der Waals surface area (Å²) in [5.74, 6) is 0. The standard InChI is InChI=1S/C14H25N3O/c1-4-11-9-12(17(2)16-11)10-13(15)14(18-3)7-5-6-8-14/h9,13H,4-8,10,15H2,1-3H3. The molecule has 0 aromatic carbocycles. The van der Waals surface area contributed by atoms with Crippen molar-refractivity contribution in [3.05, 3.63) is 17.5 Å². The SMILES string of the molecule is CCc1cc(CC(N)C2(OC)CCCC2)n(C)n1. The molecule has 0 spiro atoms. The minimum atomic E-state index is -0.114. The van der Waals surface area contributed by atoms with Gasteiger partial charge in [-0.1, -0.05) is 19.8 Å². The maximum absolute atomic E-state index is 6.41. The highest BCUT2D eigenvalue weighted by atomic mass is 16.5. The van der Waals surface area contributed by atoms with Crippen LogP contribution in [0.1, 0.15) is 44.0 Å². The molecule has 2 rings (SSSR count). The lowest BCUT2D eigenvalue weighted by Gasteiger charge is -2.33. The summed E-state index contributed by atoms with van der Waals surface area (Å²) in [5.41, 5.74) is 8.64. The van der Waals surface area contributed by atoms with E-state index < -0.39 is 0 Å². The molecular formula is C14H25N3O. The fourth-order valence-electron chi connectivity index (χ4n) is 3.05. The molecule has 0 saturated heterocycles. The Bertz CT molecular complexity index is 394. The van der Waals surface area contributed by atoms with Crippen molar-refractivity contribution in [1.29, 1.82) is 0 Å². The normalized spacial score (nSPS) is 20.2. The minimum absolute atomic E-state index is 0.0603. The lowest BCUT2D eigenvalue weighted by Crippen LogP contribution is -2.49. The van der Waals surface area contributed by atoms with Crippen LogP contribution in [-0.2, 0) is 24.6 Å². The van der Waals surface area contributed by atoms with E-state index in [4.69, 9.17) is 10.5 Å². The molecule has 4 nitrogen and oxygen atoms in total. The quantitative estimate of drug-likeness (QED) is 0.868. The Balaban J connectivity index is 2.10. The number of rotatable bonds is 5. The average molecular weight is 251 g/mol. The molecule has 0 radical (unpaired) electrons. The molecule has 102 valence electrons. The second-order valence-corrected chi connectivity index (χ2v) is 5.39. The van der Waals surface area contributed by atoms with Crippen molar-refractivity contribution < 1.29 is 4.74 Å². The predicted octanol–water partition coefficient (Wildman–Crippen LogP) is 1.81. The topological polar surface area (TPSA) is 53.1 Å². The van der Waals surface area contributed by atoms with Gasteiger partial charge in [0, 0.05) is 32.3 Å². The van der Waals surface area contributed by atoms with Gasteiger partial charge in [0.15, 0.2) is 0 Å². The molecular weight excluding hydrogens is 226 g/mol. The predicted molar refractivity (Wildman–Crippen MR) is 72.5 cm³/mol. The van der Waals surface area contributed by atoms with Crippen LogP contribution >= 0.6 is 0 Å². The first-order valence-corrected chi connectivity index (χ1v) is 6.94. The van der Waals surface area contributed by atoms with Gasteiger partial charge in [-0.05, 0) is 25.3 Å². The molecule has 1 aromatic rings. The van der Waals surface area contributed by atoms with Crippen LogP contribution in [0.25, 0.3) is 0 Å². The molecule has 0 amide bonds. The van der Waals surface area contributed by atoms with Crippen LogP contribution < -0.4 is 5.73 Å². The Hall–Kier alpha value is -0.870. The molecule has 4 heteroatoms. The zero-order chi connectivity index (χ0) is 13.2. The fourth-order valence-corrected chi connectivity index (χ4v) is 3.05. The Morgan fingerprint density at radius 1 is 1.50 bits per heavy atom. The fraction of sp³-hybridized carbons (Fsp3) is 0.786. The van der Waals surface area contributed by atoms with Gasteiger partial charge < -0.3 is 10.5 Å². The van der Waals surface area contributed by atoms with Crippen molar-refractivity contribution in [2.75, 3.05) is 7.11 Å². The molecule has 1 heterocycles. The summed E-state index contributed by atoms with van der Waals surface area (Å²) in [7, 11) is 3.79. The maximum atomic E-state index is 6.41. The molecule has 1 aromatic heterocycles. The first-order valence-electron chi connectivity index (χ1n) is 6.94. The van der Waals surface area contributed by atoms with Gasteiger partial charge in [0.25, 0.3) is 0 Å². The summed E-state index contributed by atoms with van der Waals surface area (Å²) in [4.78, 5) is 0. The van der Waals surface area contributed by atoms with Gasteiger partial charge in [0.2, 0.25) is 0 Å². The lowest BCUT2D eigenvalue weighted by atomic mass is 9.89. The van der Waals surface area contributed by atoms with Crippen molar-refractivity contribution >= 4 is 0 Å². The van der Waals surface area contributed by atoms with E-state index in [1.807, 2.05) is 11.7 Å². The third kappa shape index (κ3) is 2.45. The van der Waals surface area contributed by atoms with Crippen LogP contribution in [0.3, 0.4) is 0 Å². The van der Waals surface area contributed by atoms with E-state index >= 15 is 0 Å². The van der Waals surface area contributed by atoms with Crippen LogP contribution in [0.15, 0.2) is 6.07 Å². The van der Waals surface area contributed by atoms with Gasteiger partial charge in [-0.2, -0.15) is 5.10 Å². The highest BCUT2D eigenvalue weighted by Crippen LogP contribution is 2.35. The largest absolute Gasteiger partial charge is 0.377 e. The minimum Gasteiger partial charge on any atom is -0.377 e. The van der Waals surface area contributed by atoms with Crippen LogP contribution in [0.5, 0.6) is 0 Å². The Morgan fingerprint density at radius 2 is 2.17 bits per heavy atom. The monoisotopic (exact) mass is 251 g/mol. The first-order chi connectivity index (χ1) is 8.61. The summed E-state index contributed by atoms with van der Waals surface area (Å²) in [6, 6.07) is 2.23. The first kappa shape index (κ1) is 13.6. The number of nitrogens with two attached hydrogens (primary N) is 1. The molecule has 2 N–H and O–H groups in total. The number of hydrogen-bond acceptors (Lipinski definition) is 3. The van der Waals surface area contributed by atoms with Gasteiger partial charge in [-0.15, -0.1) is 0 Å². The van der Waals surface area contributed by atoms with Gasteiger partial charge in [0.05, 0.1) is 11.3 Å². The van der Waals surface area contributed by atoms with E-state index in [2.05, 4.69) is 18.1 Å². The molecule has 1 fully saturated rings. The van der Waals surface area contributed by atoms with Crippen LogP contribution in [0.4, 0.5) is 0 Å². The number of methoxy groups -OCH3 is 1. The molecule has 0 bridgehead atoms. The van der Waals surface area contributed by atoms with Crippen LogP contribution in [-0.4, -0.2) is 28.5 Å². The molecule has 1 saturated carbocycles. The average Bonchev–Trinajstić information content (AvgIpc) is 2.97. The summed E-state index contributed by atoms with van der Waals surface area (Å²) >= 11 is 0. The van der Waals surface area contributed by atoms with E-state index in [9.17, 15) is 0 Å². The lowest BCUT2D eigenvalue weighted by molar-refractivity contribution is -0.0257. The highest BCUT2D eigenvalue weighted by molar-refractivity contribution is 5.13. The summed E-state index contributed by atoms with van der Waals surface area (Å²) in [6.45, 7) is 2.12. The van der Waals surface area contributed by atoms with Crippen molar-refractivity contribution in [3.63, 3.8) is 0 Å². The Labute approximate surface area is 110 Å². The van der Waals surface area contributed by atoms with Crippen LogP contribution in [0.2, 0.25) is 0 Å². The number of ether oxygens (including phenoxy) is 1. The highest BCUT2D eigenvalue weighted by Gasteiger charge is 2.39. The van der Waals surface area contributed by atoms with Crippen molar-refractivity contribution in [1.82, 2.24) is 9.78 Å². The van der Waals surface area contributed by atoms with Crippen molar-refractivity contribution in [2.24, 2.45) is 12.8 Å². The van der Waals surface area contributed by atoms with E-state index in [1.54, 1.807) is 7.11 Å². The van der Waals surface area contributed by atoms with E-state index in [0.29, 0.717) is 0 Å². The van der Waals surface area contributed by atoms with E-state index in [-0.39, 0.29) is 11.6 Å². The summed E-state index contributed by atoms with van der Waals surface area (Å²) < 4.78 is 7.71. The second-order valence-electron chi connectivity index (χ2n) is 5.39. The van der Waals surface area contributed by atoms with Gasteiger partial charge in [-0.3, -0.25) is 4.68 Å². The van der Waals surface area contributed by atoms with Crippen molar-refractivity contribution in [3.8, 4) is 0 Å². The summed E-state index contributed by atoms with van der Waals surface area (Å²) in [6.07, 6.45) is 6.45. The Morgan fingerprint density at radius 3 is 2.67 bits per heavy atom. The van der Waals surface area contributed by atoms with Gasteiger partial charge in [-0.25, -0.2) is 0 Å². The molecule has 1 aliphatic carbocycles. The summed E-state index contributed by atoms with van der Waals surface area (Å²) in [5, 5.41) is 4.48.